The SMILES string of the molecule is COc1ccc(C(=O)Nc2ccc(SCC(=O)N(c3ccccc3)c3ccccc3)cc2)cc1OC. The van der Waals surface area contributed by atoms with Gasteiger partial charge in [0.05, 0.1) is 20.0 Å². The van der Waals surface area contributed by atoms with Crippen molar-refractivity contribution < 1.29 is 19.1 Å². The van der Waals surface area contributed by atoms with Gasteiger partial charge in [-0.25, -0.2) is 0 Å². The minimum absolute atomic E-state index is 0.0248. The summed E-state index contributed by atoms with van der Waals surface area (Å²) in [5.74, 6) is 1.03. The number of ether oxygens (including phenoxy) is 2. The van der Waals surface area contributed by atoms with Gasteiger partial charge < -0.3 is 14.8 Å². The highest BCUT2D eigenvalue weighted by Crippen LogP contribution is 2.29. The maximum absolute atomic E-state index is 13.2. The molecule has 4 aromatic rings. The van der Waals surface area contributed by atoms with Crippen LogP contribution in [0.15, 0.2) is 108 Å². The van der Waals surface area contributed by atoms with Crippen LogP contribution >= 0.6 is 11.8 Å². The highest BCUT2D eigenvalue weighted by atomic mass is 32.2. The maximum atomic E-state index is 13.2. The maximum Gasteiger partial charge on any atom is 0.255 e. The molecule has 0 aromatic heterocycles. The minimum Gasteiger partial charge on any atom is -0.493 e. The molecule has 6 nitrogen and oxygen atoms in total. The first kappa shape index (κ1) is 24.9. The first-order chi connectivity index (χ1) is 17.6. The molecule has 0 fully saturated rings. The van der Waals surface area contributed by atoms with E-state index in [0.29, 0.717) is 22.7 Å². The molecule has 7 heteroatoms. The topological polar surface area (TPSA) is 67.9 Å². The van der Waals surface area contributed by atoms with Gasteiger partial charge >= 0.3 is 0 Å². The van der Waals surface area contributed by atoms with Crippen LogP contribution in [-0.2, 0) is 4.79 Å². The van der Waals surface area contributed by atoms with Gasteiger partial charge in [-0.15, -0.1) is 11.8 Å². The molecule has 0 unspecified atom stereocenters. The number of para-hydroxylation sites is 2. The molecule has 0 radical (unpaired) electrons. The standard InChI is InChI=1S/C29H26N2O4S/c1-34-26-18-13-21(19-27(26)35-2)29(33)30-22-14-16-25(17-15-22)36-20-28(32)31(23-9-5-3-6-10-23)24-11-7-4-8-12-24/h3-19H,20H2,1-2H3,(H,30,33). The van der Waals surface area contributed by atoms with Gasteiger partial charge in [0.15, 0.2) is 11.5 Å². The van der Waals surface area contributed by atoms with Gasteiger partial charge in [0.1, 0.15) is 0 Å². The number of carbonyl (C=O) groups is 2. The quantitative estimate of drug-likeness (QED) is 0.270. The number of hydrogen-bond acceptors (Lipinski definition) is 5. The summed E-state index contributed by atoms with van der Waals surface area (Å²) >= 11 is 1.44. The molecule has 0 aliphatic heterocycles. The van der Waals surface area contributed by atoms with Crippen LogP contribution in [0, 0.1) is 0 Å². The fourth-order valence-electron chi connectivity index (χ4n) is 3.62. The molecule has 1 N–H and O–H groups in total. The molecule has 0 bridgehead atoms. The van der Waals surface area contributed by atoms with Gasteiger partial charge in [-0.2, -0.15) is 0 Å². The Morgan fingerprint density at radius 3 is 1.89 bits per heavy atom. The molecule has 0 saturated heterocycles. The van der Waals surface area contributed by atoms with E-state index in [1.165, 1.54) is 18.9 Å². The van der Waals surface area contributed by atoms with Gasteiger partial charge in [0.25, 0.3) is 5.91 Å². The second-order valence-electron chi connectivity index (χ2n) is 7.74. The molecule has 0 aliphatic rings. The third-order valence-corrected chi connectivity index (χ3v) is 6.40. The molecule has 182 valence electrons. The molecule has 0 atom stereocenters. The molecule has 4 rings (SSSR count). The van der Waals surface area contributed by atoms with Crippen molar-refractivity contribution in [2.24, 2.45) is 0 Å². The van der Waals surface area contributed by atoms with E-state index in [9.17, 15) is 9.59 Å². The first-order valence-corrected chi connectivity index (χ1v) is 12.3. The lowest BCUT2D eigenvalue weighted by atomic mass is 10.2. The third-order valence-electron chi connectivity index (χ3n) is 5.40. The van der Waals surface area contributed by atoms with Crippen molar-refractivity contribution in [3.05, 3.63) is 109 Å². The van der Waals surface area contributed by atoms with Crippen molar-refractivity contribution in [2.75, 3.05) is 30.2 Å². The Labute approximate surface area is 214 Å². The van der Waals surface area contributed by atoms with Gasteiger partial charge in [-0.05, 0) is 66.7 Å². The zero-order valence-electron chi connectivity index (χ0n) is 20.0. The van der Waals surface area contributed by atoms with Crippen LogP contribution in [0.4, 0.5) is 17.1 Å². The summed E-state index contributed by atoms with van der Waals surface area (Å²) in [7, 11) is 3.07. The number of thioether (sulfide) groups is 1. The van der Waals surface area contributed by atoms with Gasteiger partial charge in [-0.1, -0.05) is 36.4 Å². The number of amides is 2. The number of carbonyl (C=O) groups excluding carboxylic acids is 2. The van der Waals surface area contributed by atoms with Crippen molar-refractivity contribution in [3.63, 3.8) is 0 Å². The van der Waals surface area contributed by atoms with Gasteiger partial charge in [0, 0.05) is 27.5 Å². The molecule has 0 aliphatic carbocycles. The van der Waals surface area contributed by atoms with Crippen LogP contribution in [0.5, 0.6) is 11.5 Å². The van der Waals surface area contributed by atoms with Crippen molar-refractivity contribution in [1.29, 1.82) is 0 Å². The lowest BCUT2D eigenvalue weighted by Gasteiger charge is -2.23. The molecule has 4 aromatic carbocycles. The van der Waals surface area contributed by atoms with E-state index < -0.39 is 0 Å². The van der Waals surface area contributed by atoms with E-state index in [0.717, 1.165) is 16.3 Å². The monoisotopic (exact) mass is 498 g/mol. The fourth-order valence-corrected chi connectivity index (χ4v) is 4.36. The smallest absolute Gasteiger partial charge is 0.255 e. The van der Waals surface area contributed by atoms with E-state index in [-0.39, 0.29) is 17.6 Å². The third kappa shape index (κ3) is 6.06. The van der Waals surface area contributed by atoms with Crippen molar-refractivity contribution in [1.82, 2.24) is 0 Å². The largest absolute Gasteiger partial charge is 0.493 e. The molecule has 36 heavy (non-hydrogen) atoms. The summed E-state index contributed by atoms with van der Waals surface area (Å²) in [5.41, 5.74) is 2.75. The van der Waals surface area contributed by atoms with E-state index in [2.05, 4.69) is 5.32 Å². The molecule has 0 saturated carbocycles. The lowest BCUT2D eigenvalue weighted by Crippen LogP contribution is -2.27. The van der Waals surface area contributed by atoms with Gasteiger partial charge in [-0.3, -0.25) is 14.5 Å². The number of nitrogens with one attached hydrogen (secondary N) is 1. The van der Waals surface area contributed by atoms with E-state index in [1.807, 2.05) is 84.9 Å². The number of nitrogens with zero attached hydrogens (tertiary/aromatic N) is 1. The first-order valence-electron chi connectivity index (χ1n) is 11.3. The second kappa shape index (κ2) is 12.0. The summed E-state index contributed by atoms with van der Waals surface area (Å²) in [6.45, 7) is 0. The summed E-state index contributed by atoms with van der Waals surface area (Å²) in [6.07, 6.45) is 0. The van der Waals surface area contributed by atoms with Crippen LogP contribution in [0.25, 0.3) is 0 Å². The zero-order chi connectivity index (χ0) is 25.3. The van der Waals surface area contributed by atoms with Crippen LogP contribution in [0.1, 0.15) is 10.4 Å². The predicted molar refractivity (Wildman–Crippen MR) is 145 cm³/mol. The van der Waals surface area contributed by atoms with Crippen LogP contribution in [0.2, 0.25) is 0 Å². The molecule has 0 spiro atoms. The molecule has 2 amide bonds. The number of rotatable bonds is 9. The average molecular weight is 499 g/mol. The van der Waals surface area contributed by atoms with Crippen LogP contribution in [-0.4, -0.2) is 31.8 Å². The van der Waals surface area contributed by atoms with E-state index in [1.54, 1.807) is 30.2 Å². The Hall–Kier alpha value is -4.23. The molecule has 0 heterocycles. The Balaban J connectivity index is 1.40. The van der Waals surface area contributed by atoms with Crippen LogP contribution < -0.4 is 19.7 Å². The summed E-state index contributed by atoms with van der Waals surface area (Å²) < 4.78 is 10.5. The summed E-state index contributed by atoms with van der Waals surface area (Å²) in [6, 6.07) is 31.6. The number of methoxy groups -OCH3 is 2. The Morgan fingerprint density at radius 1 is 0.750 bits per heavy atom. The second-order valence-corrected chi connectivity index (χ2v) is 8.79. The number of hydrogen-bond donors (Lipinski definition) is 1. The van der Waals surface area contributed by atoms with Crippen molar-refractivity contribution in [3.8, 4) is 11.5 Å². The number of benzene rings is 4. The Bertz CT molecular complexity index is 1270. The van der Waals surface area contributed by atoms with Crippen molar-refractivity contribution in [2.45, 2.75) is 4.90 Å². The molecular weight excluding hydrogens is 472 g/mol. The minimum atomic E-state index is -0.257. The van der Waals surface area contributed by atoms with Crippen LogP contribution in [0.3, 0.4) is 0 Å². The van der Waals surface area contributed by atoms with Crippen molar-refractivity contribution >= 4 is 40.6 Å². The Kier molecular flexibility index (Phi) is 8.26. The highest BCUT2D eigenvalue weighted by Gasteiger charge is 2.18. The summed E-state index contributed by atoms with van der Waals surface area (Å²) in [5, 5.41) is 2.88. The fraction of sp³-hybridized carbons (Fsp3) is 0.103. The number of anilines is 3. The summed E-state index contributed by atoms with van der Waals surface area (Å²) in [4.78, 5) is 28.5. The molecular formula is C29H26N2O4S. The lowest BCUT2D eigenvalue weighted by molar-refractivity contribution is -0.115. The zero-order valence-corrected chi connectivity index (χ0v) is 20.8. The van der Waals surface area contributed by atoms with E-state index >= 15 is 0 Å². The predicted octanol–water partition coefficient (Wildman–Crippen LogP) is 6.41. The average Bonchev–Trinajstić information content (AvgIpc) is 2.93. The van der Waals surface area contributed by atoms with E-state index in [4.69, 9.17) is 9.47 Å². The van der Waals surface area contributed by atoms with Gasteiger partial charge in [0.2, 0.25) is 5.91 Å². The Morgan fingerprint density at radius 2 is 1.33 bits per heavy atom. The highest BCUT2D eigenvalue weighted by molar-refractivity contribution is 8.00. The normalized spacial score (nSPS) is 10.4.